The van der Waals surface area contributed by atoms with Crippen molar-refractivity contribution in [2.45, 2.75) is 18.8 Å². The van der Waals surface area contributed by atoms with E-state index in [2.05, 4.69) is 79.0 Å². The molecule has 2 rings (SSSR count). The maximum atomic E-state index is 14.1. The zero-order valence-corrected chi connectivity index (χ0v) is 16.4. The Labute approximate surface area is 150 Å². The zero-order valence-electron chi connectivity index (χ0n) is 11.7. The molecule has 0 saturated carbocycles. The molecule has 0 N–H and O–H groups in total. The molecule has 0 aliphatic heterocycles. The molecule has 0 nitrogen and oxygen atoms in total. The predicted octanol–water partition coefficient (Wildman–Crippen LogP) is 6.17. The summed E-state index contributed by atoms with van der Waals surface area (Å²) in [7, 11) is 0. The molecule has 4 heteroatoms. The SMILES string of the molecule is Cc1ccc(C(CBr)(CBr)Cc2cc(Br)ccc2F)cc1. The molecule has 2 aromatic rings. The quantitative estimate of drug-likeness (QED) is 0.451. The van der Waals surface area contributed by atoms with E-state index < -0.39 is 0 Å². The standard InChI is InChI=1S/C17H16Br3F/c1-12-2-4-14(5-3-12)17(10-18,11-19)9-13-8-15(20)6-7-16(13)21/h2-8H,9-11H2,1H3. The van der Waals surface area contributed by atoms with E-state index in [1.807, 2.05) is 6.07 Å². The summed E-state index contributed by atoms with van der Waals surface area (Å²) in [5.41, 5.74) is 2.99. The Morgan fingerprint density at radius 1 is 1.00 bits per heavy atom. The molecule has 0 bridgehead atoms. The van der Waals surface area contributed by atoms with Gasteiger partial charge in [-0.1, -0.05) is 77.6 Å². The number of rotatable bonds is 5. The average Bonchev–Trinajstić information content (AvgIpc) is 2.49. The second-order valence-corrected chi connectivity index (χ2v) is 7.36. The van der Waals surface area contributed by atoms with Crippen LogP contribution in [-0.2, 0) is 11.8 Å². The van der Waals surface area contributed by atoms with Gasteiger partial charge in [-0.15, -0.1) is 0 Å². The molecule has 0 radical (unpaired) electrons. The van der Waals surface area contributed by atoms with Crippen LogP contribution < -0.4 is 0 Å². The summed E-state index contributed by atoms with van der Waals surface area (Å²) in [6.45, 7) is 2.07. The summed E-state index contributed by atoms with van der Waals surface area (Å²) in [4.78, 5) is 0. The first-order chi connectivity index (χ1) is 10.0. The predicted molar refractivity (Wildman–Crippen MR) is 98.2 cm³/mol. The lowest BCUT2D eigenvalue weighted by atomic mass is 9.79. The van der Waals surface area contributed by atoms with Crippen LogP contribution in [0, 0.1) is 12.7 Å². The van der Waals surface area contributed by atoms with Crippen molar-refractivity contribution in [3.63, 3.8) is 0 Å². The van der Waals surface area contributed by atoms with E-state index in [0.717, 1.165) is 20.7 Å². The number of hydrogen-bond donors (Lipinski definition) is 0. The fourth-order valence-electron chi connectivity index (χ4n) is 2.34. The third-order valence-electron chi connectivity index (χ3n) is 3.71. The molecule has 0 aliphatic rings. The Hall–Kier alpha value is -0.190. The van der Waals surface area contributed by atoms with Gasteiger partial charge in [-0.25, -0.2) is 4.39 Å². The van der Waals surface area contributed by atoms with E-state index in [-0.39, 0.29) is 11.2 Å². The van der Waals surface area contributed by atoms with Crippen LogP contribution in [0.3, 0.4) is 0 Å². The highest BCUT2D eigenvalue weighted by Gasteiger charge is 2.31. The van der Waals surface area contributed by atoms with Crippen LogP contribution in [0.25, 0.3) is 0 Å². The summed E-state index contributed by atoms with van der Waals surface area (Å²) in [6.07, 6.45) is 0.637. The highest BCUT2D eigenvalue weighted by atomic mass is 79.9. The molecule has 0 fully saturated rings. The average molecular weight is 479 g/mol. The first kappa shape index (κ1) is 17.2. The van der Waals surface area contributed by atoms with Gasteiger partial charge in [0.05, 0.1) is 0 Å². The lowest BCUT2D eigenvalue weighted by Crippen LogP contribution is -2.33. The third kappa shape index (κ3) is 3.96. The van der Waals surface area contributed by atoms with Gasteiger partial charge in [0, 0.05) is 20.5 Å². The van der Waals surface area contributed by atoms with Gasteiger partial charge >= 0.3 is 0 Å². The van der Waals surface area contributed by atoms with Crippen LogP contribution in [0.5, 0.6) is 0 Å². The topological polar surface area (TPSA) is 0 Å². The Kier molecular flexibility index (Phi) is 6.04. The van der Waals surface area contributed by atoms with E-state index in [1.54, 1.807) is 6.07 Å². The minimum absolute atomic E-state index is 0.156. The van der Waals surface area contributed by atoms with E-state index in [9.17, 15) is 4.39 Å². The first-order valence-corrected chi connectivity index (χ1v) is 9.67. The van der Waals surface area contributed by atoms with Gasteiger partial charge in [0.25, 0.3) is 0 Å². The molecule has 0 spiro atoms. The second kappa shape index (κ2) is 7.38. The van der Waals surface area contributed by atoms with Gasteiger partial charge in [-0.3, -0.25) is 0 Å². The Morgan fingerprint density at radius 2 is 1.62 bits per heavy atom. The Bertz CT molecular complexity index is 604. The number of alkyl halides is 2. The van der Waals surface area contributed by atoms with Crippen molar-refractivity contribution in [1.82, 2.24) is 0 Å². The molecule has 0 atom stereocenters. The van der Waals surface area contributed by atoms with Crippen molar-refractivity contribution >= 4 is 47.8 Å². The lowest BCUT2D eigenvalue weighted by Gasteiger charge is -2.31. The molecule has 0 aromatic heterocycles. The summed E-state index contributed by atoms with van der Waals surface area (Å²) in [5.74, 6) is -0.156. The van der Waals surface area contributed by atoms with E-state index in [0.29, 0.717) is 6.42 Å². The summed E-state index contributed by atoms with van der Waals surface area (Å²) in [5, 5.41) is 1.53. The van der Waals surface area contributed by atoms with Crippen LogP contribution in [0.4, 0.5) is 4.39 Å². The molecule has 0 unspecified atom stereocenters. The van der Waals surface area contributed by atoms with Gasteiger partial charge in [-0.05, 0) is 42.7 Å². The van der Waals surface area contributed by atoms with Crippen LogP contribution in [0.1, 0.15) is 16.7 Å². The number of aryl methyl sites for hydroxylation is 1. The normalized spacial score (nSPS) is 11.7. The number of benzene rings is 2. The molecular weight excluding hydrogens is 463 g/mol. The van der Waals surface area contributed by atoms with Gasteiger partial charge in [0.15, 0.2) is 0 Å². The van der Waals surface area contributed by atoms with Crippen molar-refractivity contribution < 1.29 is 4.39 Å². The monoisotopic (exact) mass is 476 g/mol. The maximum Gasteiger partial charge on any atom is 0.126 e. The minimum atomic E-state index is -0.171. The number of hydrogen-bond acceptors (Lipinski definition) is 0. The molecule has 2 aromatic carbocycles. The van der Waals surface area contributed by atoms with E-state index >= 15 is 0 Å². The van der Waals surface area contributed by atoms with E-state index in [4.69, 9.17) is 0 Å². The highest BCUT2D eigenvalue weighted by molar-refractivity contribution is 9.10. The van der Waals surface area contributed by atoms with Gasteiger partial charge in [0.2, 0.25) is 0 Å². The highest BCUT2D eigenvalue weighted by Crippen LogP contribution is 2.34. The van der Waals surface area contributed by atoms with Crippen LogP contribution in [0.2, 0.25) is 0 Å². The van der Waals surface area contributed by atoms with Gasteiger partial charge in [0.1, 0.15) is 5.82 Å². The minimum Gasteiger partial charge on any atom is -0.207 e. The van der Waals surface area contributed by atoms with Crippen molar-refractivity contribution in [1.29, 1.82) is 0 Å². The van der Waals surface area contributed by atoms with E-state index in [1.165, 1.54) is 17.2 Å². The lowest BCUT2D eigenvalue weighted by molar-refractivity contribution is 0.522. The van der Waals surface area contributed by atoms with Crippen LogP contribution in [-0.4, -0.2) is 10.7 Å². The summed E-state index contributed by atoms with van der Waals surface area (Å²) in [6, 6.07) is 13.6. The Balaban J connectivity index is 2.42. The van der Waals surface area contributed by atoms with Gasteiger partial charge < -0.3 is 0 Å². The summed E-state index contributed by atoms with van der Waals surface area (Å²) < 4.78 is 15.0. The number of halogens is 4. The molecule has 0 aliphatic carbocycles. The summed E-state index contributed by atoms with van der Waals surface area (Å²) >= 11 is 10.7. The molecular formula is C17H16Br3F. The van der Waals surface area contributed by atoms with Crippen LogP contribution in [0.15, 0.2) is 46.9 Å². The first-order valence-electron chi connectivity index (χ1n) is 6.64. The molecule has 21 heavy (non-hydrogen) atoms. The molecule has 112 valence electrons. The van der Waals surface area contributed by atoms with Crippen LogP contribution >= 0.6 is 47.8 Å². The Morgan fingerprint density at radius 3 is 2.19 bits per heavy atom. The molecule has 0 saturated heterocycles. The fraction of sp³-hybridized carbons (Fsp3) is 0.294. The third-order valence-corrected chi connectivity index (χ3v) is 6.35. The maximum absolute atomic E-state index is 14.1. The molecule has 0 amide bonds. The van der Waals surface area contributed by atoms with Crippen molar-refractivity contribution in [3.05, 3.63) is 69.4 Å². The zero-order chi connectivity index (χ0) is 15.5. The van der Waals surface area contributed by atoms with Crippen molar-refractivity contribution in [2.75, 3.05) is 10.7 Å². The largest absolute Gasteiger partial charge is 0.207 e. The van der Waals surface area contributed by atoms with Gasteiger partial charge in [-0.2, -0.15) is 0 Å². The smallest absolute Gasteiger partial charge is 0.126 e. The molecule has 0 heterocycles. The van der Waals surface area contributed by atoms with Crippen molar-refractivity contribution in [2.24, 2.45) is 0 Å². The second-order valence-electron chi connectivity index (χ2n) is 5.33. The van der Waals surface area contributed by atoms with Crippen molar-refractivity contribution in [3.8, 4) is 0 Å². The fourth-order valence-corrected chi connectivity index (χ4v) is 4.72.